The van der Waals surface area contributed by atoms with Crippen LogP contribution >= 0.6 is 43.5 Å². The van der Waals surface area contributed by atoms with Gasteiger partial charge >= 0.3 is 0 Å². The van der Waals surface area contributed by atoms with Gasteiger partial charge in [0.15, 0.2) is 0 Å². The SMILES string of the molecule is Nc1ccccc1C(=O)N/N=C/c1cc(Br)c(OCc2ccc(Cl)cc2)c(Br)c1. The number of nitrogens with two attached hydrogens (primary N) is 1. The van der Waals surface area contributed by atoms with Crippen LogP contribution in [0.25, 0.3) is 0 Å². The van der Waals surface area contributed by atoms with E-state index >= 15 is 0 Å². The van der Waals surface area contributed by atoms with E-state index in [1.165, 1.54) is 6.21 Å². The molecule has 0 spiro atoms. The lowest BCUT2D eigenvalue weighted by Crippen LogP contribution is -2.19. The Bertz CT molecular complexity index is 1030. The van der Waals surface area contributed by atoms with Crippen LogP contribution in [0.4, 0.5) is 5.69 Å². The molecule has 0 saturated carbocycles. The molecule has 148 valence electrons. The van der Waals surface area contributed by atoms with Crippen molar-refractivity contribution in [3.05, 3.63) is 91.3 Å². The second-order valence-corrected chi connectivity index (χ2v) is 8.16. The Morgan fingerprint density at radius 3 is 2.41 bits per heavy atom. The fourth-order valence-electron chi connectivity index (χ4n) is 2.46. The van der Waals surface area contributed by atoms with E-state index in [-0.39, 0.29) is 5.91 Å². The van der Waals surface area contributed by atoms with Crippen molar-refractivity contribution in [1.29, 1.82) is 0 Å². The van der Waals surface area contributed by atoms with Gasteiger partial charge in [0.25, 0.3) is 5.91 Å². The first-order valence-corrected chi connectivity index (χ1v) is 10.4. The van der Waals surface area contributed by atoms with Crippen molar-refractivity contribution < 1.29 is 9.53 Å². The monoisotopic (exact) mass is 535 g/mol. The van der Waals surface area contributed by atoms with Crippen LogP contribution in [0.2, 0.25) is 5.02 Å². The number of para-hydroxylation sites is 1. The highest BCUT2D eigenvalue weighted by molar-refractivity contribution is 9.11. The van der Waals surface area contributed by atoms with Gasteiger partial charge in [0.2, 0.25) is 0 Å². The summed E-state index contributed by atoms with van der Waals surface area (Å²) in [4.78, 5) is 12.1. The topological polar surface area (TPSA) is 76.7 Å². The molecule has 0 aliphatic rings. The Labute approximate surface area is 190 Å². The minimum atomic E-state index is -0.375. The van der Waals surface area contributed by atoms with E-state index in [9.17, 15) is 4.79 Å². The van der Waals surface area contributed by atoms with Crippen molar-refractivity contribution in [3.63, 3.8) is 0 Å². The third-order valence-corrected chi connectivity index (χ3v) is 5.33. The van der Waals surface area contributed by atoms with Crippen molar-refractivity contribution in [3.8, 4) is 5.75 Å². The summed E-state index contributed by atoms with van der Waals surface area (Å²) >= 11 is 12.9. The van der Waals surface area contributed by atoms with Crippen molar-refractivity contribution >= 4 is 61.3 Å². The first-order valence-electron chi connectivity index (χ1n) is 8.48. The average Bonchev–Trinajstić information content (AvgIpc) is 2.69. The standard InChI is InChI=1S/C21H16Br2ClN3O2/c22-17-9-14(11-26-27-21(28)16-3-1-2-4-19(16)25)10-18(23)20(17)29-12-13-5-7-15(24)8-6-13/h1-11H,12,25H2,(H,27,28)/b26-11+. The van der Waals surface area contributed by atoms with Gasteiger partial charge in [-0.3, -0.25) is 4.79 Å². The van der Waals surface area contributed by atoms with E-state index in [0.717, 1.165) is 20.1 Å². The Kier molecular flexibility index (Phi) is 7.30. The first-order chi connectivity index (χ1) is 13.9. The maximum Gasteiger partial charge on any atom is 0.273 e. The van der Waals surface area contributed by atoms with Crippen LogP contribution in [0, 0.1) is 0 Å². The Morgan fingerprint density at radius 1 is 1.10 bits per heavy atom. The summed E-state index contributed by atoms with van der Waals surface area (Å²) in [6, 6.07) is 18.0. The molecule has 3 N–H and O–H groups in total. The van der Waals surface area contributed by atoms with Crippen molar-refractivity contribution in [2.45, 2.75) is 6.61 Å². The smallest absolute Gasteiger partial charge is 0.273 e. The number of benzene rings is 3. The fourth-order valence-corrected chi connectivity index (χ4v) is 4.03. The van der Waals surface area contributed by atoms with Gasteiger partial charge in [-0.15, -0.1) is 0 Å². The van der Waals surface area contributed by atoms with Gasteiger partial charge in [-0.1, -0.05) is 35.9 Å². The van der Waals surface area contributed by atoms with Crippen molar-refractivity contribution in [1.82, 2.24) is 5.43 Å². The number of hydrogen-bond donors (Lipinski definition) is 2. The van der Waals surface area contributed by atoms with Gasteiger partial charge in [-0.25, -0.2) is 5.43 Å². The minimum Gasteiger partial charge on any atom is -0.487 e. The minimum absolute atomic E-state index is 0.373. The summed E-state index contributed by atoms with van der Waals surface area (Å²) in [5.74, 6) is 0.290. The van der Waals surface area contributed by atoms with Crippen molar-refractivity contribution in [2.24, 2.45) is 5.10 Å². The molecule has 3 rings (SSSR count). The maximum absolute atomic E-state index is 12.1. The zero-order valence-electron chi connectivity index (χ0n) is 15.0. The highest BCUT2D eigenvalue weighted by Crippen LogP contribution is 2.35. The number of carbonyl (C=O) groups excluding carboxylic acids is 1. The van der Waals surface area contributed by atoms with Crippen molar-refractivity contribution in [2.75, 3.05) is 5.73 Å². The van der Waals surface area contributed by atoms with Crippen LogP contribution in [-0.4, -0.2) is 12.1 Å². The number of nitrogen functional groups attached to an aromatic ring is 1. The molecule has 0 fully saturated rings. The molecular formula is C21H16Br2ClN3O2. The molecule has 0 atom stereocenters. The Balaban J connectivity index is 1.65. The molecule has 0 aromatic heterocycles. The highest BCUT2D eigenvalue weighted by Gasteiger charge is 2.10. The lowest BCUT2D eigenvalue weighted by molar-refractivity contribution is 0.0956. The lowest BCUT2D eigenvalue weighted by atomic mass is 10.2. The molecule has 0 aliphatic carbocycles. The van der Waals surface area contributed by atoms with E-state index in [2.05, 4.69) is 42.4 Å². The molecule has 0 saturated heterocycles. The number of ether oxygens (including phenoxy) is 1. The largest absolute Gasteiger partial charge is 0.487 e. The van der Waals surface area contributed by atoms with Gasteiger partial charge in [0.05, 0.1) is 20.7 Å². The van der Waals surface area contributed by atoms with Crippen LogP contribution in [0.5, 0.6) is 5.75 Å². The predicted molar refractivity (Wildman–Crippen MR) is 124 cm³/mol. The van der Waals surface area contributed by atoms with E-state index in [1.54, 1.807) is 24.3 Å². The molecule has 5 nitrogen and oxygen atoms in total. The van der Waals surface area contributed by atoms with Crippen LogP contribution in [0.15, 0.2) is 74.7 Å². The molecule has 0 unspecified atom stereocenters. The molecule has 0 heterocycles. The summed E-state index contributed by atoms with van der Waals surface area (Å²) in [5.41, 5.74) is 10.8. The van der Waals surface area contributed by atoms with Gasteiger partial charge in [-0.05, 0) is 79.4 Å². The zero-order chi connectivity index (χ0) is 20.8. The number of hydrogen-bond acceptors (Lipinski definition) is 4. The number of nitrogens with zero attached hydrogens (tertiary/aromatic N) is 1. The summed E-state index contributed by atoms with van der Waals surface area (Å²) in [6.07, 6.45) is 1.54. The third-order valence-electron chi connectivity index (χ3n) is 3.90. The summed E-state index contributed by atoms with van der Waals surface area (Å²) in [7, 11) is 0. The molecule has 29 heavy (non-hydrogen) atoms. The average molecular weight is 538 g/mol. The molecule has 1 amide bonds. The fraction of sp³-hybridized carbons (Fsp3) is 0.0476. The second-order valence-electron chi connectivity index (χ2n) is 6.02. The predicted octanol–water partition coefficient (Wildman–Crippen LogP) is 5.79. The molecule has 0 bridgehead atoms. The third kappa shape index (κ3) is 5.82. The quantitative estimate of drug-likeness (QED) is 0.237. The number of halogens is 3. The highest BCUT2D eigenvalue weighted by atomic mass is 79.9. The van der Waals surface area contributed by atoms with E-state index in [4.69, 9.17) is 22.1 Å². The second kappa shape index (κ2) is 9.91. The molecule has 0 radical (unpaired) electrons. The van der Waals surface area contributed by atoms with E-state index < -0.39 is 0 Å². The lowest BCUT2D eigenvalue weighted by Gasteiger charge is -2.11. The Hall–Kier alpha value is -2.35. The Morgan fingerprint density at radius 2 is 1.76 bits per heavy atom. The summed E-state index contributed by atoms with van der Waals surface area (Å²) in [5, 5.41) is 4.68. The van der Waals surface area contributed by atoms with Gasteiger partial charge in [-0.2, -0.15) is 5.10 Å². The molecule has 8 heteroatoms. The maximum atomic E-state index is 12.1. The first kappa shape index (κ1) is 21.4. The van der Waals surface area contributed by atoms with Gasteiger partial charge < -0.3 is 10.5 Å². The molecular weight excluding hydrogens is 522 g/mol. The number of rotatable bonds is 6. The molecule has 3 aromatic carbocycles. The van der Waals surface area contributed by atoms with Crippen LogP contribution in [0.3, 0.4) is 0 Å². The molecule has 3 aromatic rings. The number of anilines is 1. The van der Waals surface area contributed by atoms with E-state index in [0.29, 0.717) is 28.6 Å². The summed E-state index contributed by atoms with van der Waals surface area (Å²) in [6.45, 7) is 0.399. The normalized spacial score (nSPS) is 10.9. The summed E-state index contributed by atoms with van der Waals surface area (Å²) < 4.78 is 7.40. The number of hydrazone groups is 1. The van der Waals surface area contributed by atoms with E-state index in [1.807, 2.05) is 36.4 Å². The van der Waals surface area contributed by atoms with Gasteiger partial charge in [0, 0.05) is 10.7 Å². The number of nitrogens with one attached hydrogen (secondary N) is 1. The number of carbonyl (C=O) groups is 1. The number of amides is 1. The van der Waals surface area contributed by atoms with Crippen LogP contribution in [-0.2, 0) is 6.61 Å². The zero-order valence-corrected chi connectivity index (χ0v) is 19.0. The van der Waals surface area contributed by atoms with Crippen LogP contribution < -0.4 is 15.9 Å². The van der Waals surface area contributed by atoms with Crippen LogP contribution in [0.1, 0.15) is 21.5 Å². The van der Waals surface area contributed by atoms with Gasteiger partial charge in [0.1, 0.15) is 12.4 Å². The molecule has 0 aliphatic heterocycles.